The number of hydrogen-bond acceptors (Lipinski definition) is 9. The van der Waals surface area contributed by atoms with E-state index < -0.39 is 0 Å². The SMILES string of the molecule is Cc1nc(CCNc2nc(N)nc(OC(C)C)n2)no1. The van der Waals surface area contributed by atoms with E-state index in [-0.39, 0.29) is 18.1 Å². The molecule has 0 aliphatic heterocycles. The topological polar surface area (TPSA) is 125 Å². The lowest BCUT2D eigenvalue weighted by atomic mass is 10.4. The Balaban J connectivity index is 1.93. The number of aryl methyl sites for hydroxylation is 1. The molecule has 0 radical (unpaired) electrons. The normalized spacial score (nSPS) is 10.8. The molecule has 0 amide bonds. The second kappa shape index (κ2) is 6.13. The number of nitrogens with two attached hydrogens (primary N) is 1. The minimum Gasteiger partial charge on any atom is -0.461 e. The molecular weight excluding hydrogens is 262 g/mol. The van der Waals surface area contributed by atoms with Crippen LogP contribution in [-0.4, -0.2) is 37.7 Å². The van der Waals surface area contributed by atoms with Crippen LogP contribution >= 0.6 is 0 Å². The van der Waals surface area contributed by atoms with Crippen molar-refractivity contribution in [1.29, 1.82) is 0 Å². The highest BCUT2D eigenvalue weighted by Gasteiger charge is 2.08. The van der Waals surface area contributed by atoms with Gasteiger partial charge in [-0.1, -0.05) is 5.16 Å². The summed E-state index contributed by atoms with van der Waals surface area (Å²) in [6.07, 6.45) is 0.551. The Labute approximate surface area is 116 Å². The van der Waals surface area contributed by atoms with Crippen LogP contribution in [0.3, 0.4) is 0 Å². The third-order valence-corrected chi connectivity index (χ3v) is 2.17. The molecular formula is C11H17N7O2. The number of ether oxygens (including phenoxy) is 1. The van der Waals surface area contributed by atoms with Gasteiger partial charge in [-0.05, 0) is 13.8 Å². The van der Waals surface area contributed by atoms with Crippen LogP contribution in [0.25, 0.3) is 0 Å². The summed E-state index contributed by atoms with van der Waals surface area (Å²) in [6.45, 7) is 6.05. The van der Waals surface area contributed by atoms with E-state index in [0.29, 0.717) is 30.6 Å². The Morgan fingerprint density at radius 2 is 2.05 bits per heavy atom. The number of rotatable bonds is 6. The molecule has 0 saturated carbocycles. The van der Waals surface area contributed by atoms with Gasteiger partial charge in [-0.25, -0.2) is 0 Å². The van der Waals surface area contributed by atoms with E-state index in [0.717, 1.165) is 0 Å². The van der Waals surface area contributed by atoms with Crippen LogP contribution < -0.4 is 15.8 Å². The van der Waals surface area contributed by atoms with Gasteiger partial charge in [-0.3, -0.25) is 0 Å². The fraction of sp³-hybridized carbons (Fsp3) is 0.545. The predicted octanol–water partition coefficient (Wildman–Crippen LogP) is 0.587. The maximum Gasteiger partial charge on any atom is 0.323 e. The van der Waals surface area contributed by atoms with Gasteiger partial charge in [0.05, 0.1) is 6.10 Å². The predicted molar refractivity (Wildman–Crippen MR) is 71.2 cm³/mol. The number of nitrogens with one attached hydrogen (secondary N) is 1. The van der Waals surface area contributed by atoms with Gasteiger partial charge in [0.1, 0.15) is 0 Å². The maximum atomic E-state index is 5.60. The molecule has 0 unspecified atom stereocenters. The van der Waals surface area contributed by atoms with Gasteiger partial charge in [0, 0.05) is 19.9 Å². The molecule has 3 N–H and O–H groups in total. The van der Waals surface area contributed by atoms with E-state index in [1.807, 2.05) is 13.8 Å². The molecule has 0 fully saturated rings. The fourth-order valence-corrected chi connectivity index (χ4v) is 1.44. The summed E-state index contributed by atoms with van der Waals surface area (Å²) >= 11 is 0. The minimum absolute atomic E-state index is 0.0352. The Morgan fingerprint density at radius 3 is 2.70 bits per heavy atom. The van der Waals surface area contributed by atoms with Crippen molar-refractivity contribution < 1.29 is 9.26 Å². The molecule has 0 bridgehead atoms. The van der Waals surface area contributed by atoms with Crippen molar-refractivity contribution in [3.63, 3.8) is 0 Å². The Morgan fingerprint density at radius 1 is 1.25 bits per heavy atom. The molecule has 20 heavy (non-hydrogen) atoms. The molecule has 0 aliphatic carbocycles. The van der Waals surface area contributed by atoms with Gasteiger partial charge >= 0.3 is 6.01 Å². The first kappa shape index (κ1) is 14.0. The van der Waals surface area contributed by atoms with E-state index in [4.69, 9.17) is 15.0 Å². The van der Waals surface area contributed by atoms with Crippen LogP contribution in [0.1, 0.15) is 25.6 Å². The average Bonchev–Trinajstić information content (AvgIpc) is 2.73. The van der Waals surface area contributed by atoms with Gasteiger partial charge in [0.2, 0.25) is 17.8 Å². The fourth-order valence-electron chi connectivity index (χ4n) is 1.44. The number of nitrogen functional groups attached to an aromatic ring is 1. The summed E-state index contributed by atoms with van der Waals surface area (Å²) in [5, 5.41) is 6.81. The van der Waals surface area contributed by atoms with E-state index in [1.165, 1.54) is 0 Å². The third-order valence-electron chi connectivity index (χ3n) is 2.17. The van der Waals surface area contributed by atoms with E-state index in [9.17, 15) is 0 Å². The maximum absolute atomic E-state index is 5.60. The second-order valence-electron chi connectivity index (χ2n) is 4.37. The molecule has 2 heterocycles. The van der Waals surface area contributed by atoms with Crippen LogP contribution in [0.5, 0.6) is 6.01 Å². The summed E-state index contributed by atoms with van der Waals surface area (Å²) in [6, 6.07) is 0.199. The van der Waals surface area contributed by atoms with Crippen LogP contribution in [0.2, 0.25) is 0 Å². The highest BCUT2D eigenvalue weighted by Crippen LogP contribution is 2.10. The standard InChI is InChI=1S/C11H17N7O2/c1-6(2)19-11-16-9(12)15-10(17-11)13-5-4-8-14-7(3)20-18-8/h6H,4-5H2,1-3H3,(H3,12,13,15,16,17). The van der Waals surface area contributed by atoms with Crippen molar-refractivity contribution in [3.8, 4) is 6.01 Å². The first-order chi connectivity index (χ1) is 9.52. The monoisotopic (exact) mass is 279 g/mol. The molecule has 0 spiro atoms. The quantitative estimate of drug-likeness (QED) is 0.781. The molecule has 9 nitrogen and oxygen atoms in total. The van der Waals surface area contributed by atoms with Crippen molar-refractivity contribution in [1.82, 2.24) is 25.1 Å². The molecule has 0 atom stereocenters. The molecule has 9 heteroatoms. The van der Waals surface area contributed by atoms with E-state index in [2.05, 4.69) is 30.4 Å². The van der Waals surface area contributed by atoms with Crippen LogP contribution in [0.15, 0.2) is 4.52 Å². The van der Waals surface area contributed by atoms with Gasteiger partial charge < -0.3 is 20.3 Å². The Hall–Kier alpha value is -2.45. The molecule has 0 saturated heterocycles. The minimum atomic E-state index is -0.0352. The van der Waals surface area contributed by atoms with Crippen molar-refractivity contribution in [2.45, 2.75) is 33.3 Å². The lowest BCUT2D eigenvalue weighted by Crippen LogP contribution is -2.14. The summed E-state index contributed by atoms with van der Waals surface area (Å²) in [5.41, 5.74) is 5.60. The van der Waals surface area contributed by atoms with Crippen LogP contribution in [-0.2, 0) is 6.42 Å². The van der Waals surface area contributed by atoms with Gasteiger partial charge in [0.25, 0.3) is 0 Å². The van der Waals surface area contributed by atoms with Crippen molar-refractivity contribution in [3.05, 3.63) is 11.7 Å². The largest absolute Gasteiger partial charge is 0.461 e. The number of anilines is 2. The molecule has 108 valence electrons. The first-order valence-corrected chi connectivity index (χ1v) is 6.24. The molecule has 0 aliphatic rings. The average molecular weight is 279 g/mol. The molecule has 2 aromatic heterocycles. The Bertz CT molecular complexity index is 570. The molecule has 2 rings (SSSR count). The van der Waals surface area contributed by atoms with E-state index in [1.54, 1.807) is 6.92 Å². The number of hydrogen-bond donors (Lipinski definition) is 2. The van der Waals surface area contributed by atoms with Gasteiger partial charge in [-0.2, -0.15) is 19.9 Å². The van der Waals surface area contributed by atoms with Crippen LogP contribution in [0, 0.1) is 6.92 Å². The zero-order valence-corrected chi connectivity index (χ0v) is 11.6. The Kier molecular flexibility index (Phi) is 4.28. The summed E-state index contributed by atoms with van der Waals surface area (Å²) in [5.74, 6) is 1.62. The summed E-state index contributed by atoms with van der Waals surface area (Å²) < 4.78 is 10.3. The summed E-state index contributed by atoms with van der Waals surface area (Å²) in [7, 11) is 0. The smallest absolute Gasteiger partial charge is 0.323 e. The van der Waals surface area contributed by atoms with Gasteiger partial charge in [0.15, 0.2) is 5.82 Å². The van der Waals surface area contributed by atoms with E-state index >= 15 is 0 Å². The third kappa shape index (κ3) is 4.04. The highest BCUT2D eigenvalue weighted by atomic mass is 16.5. The van der Waals surface area contributed by atoms with Crippen molar-refractivity contribution in [2.24, 2.45) is 0 Å². The van der Waals surface area contributed by atoms with Gasteiger partial charge in [-0.15, -0.1) is 0 Å². The van der Waals surface area contributed by atoms with Crippen LogP contribution in [0.4, 0.5) is 11.9 Å². The molecule has 0 aromatic carbocycles. The lowest BCUT2D eigenvalue weighted by molar-refractivity contribution is 0.222. The zero-order valence-electron chi connectivity index (χ0n) is 11.6. The summed E-state index contributed by atoms with van der Waals surface area (Å²) in [4.78, 5) is 16.1. The lowest BCUT2D eigenvalue weighted by Gasteiger charge is -2.09. The second-order valence-corrected chi connectivity index (χ2v) is 4.37. The highest BCUT2D eigenvalue weighted by molar-refractivity contribution is 5.32. The zero-order chi connectivity index (χ0) is 14.5. The van der Waals surface area contributed by atoms with Crippen molar-refractivity contribution >= 4 is 11.9 Å². The molecule has 2 aromatic rings. The first-order valence-electron chi connectivity index (χ1n) is 6.24. The number of nitrogens with zero attached hydrogens (tertiary/aromatic N) is 5. The van der Waals surface area contributed by atoms with Crippen molar-refractivity contribution in [2.75, 3.05) is 17.6 Å². The number of aromatic nitrogens is 5.